The summed E-state index contributed by atoms with van der Waals surface area (Å²) in [4.78, 5) is 0. The van der Waals surface area contributed by atoms with E-state index < -0.39 is 58.1 Å². The van der Waals surface area contributed by atoms with Gasteiger partial charge in [0.15, 0.2) is 0 Å². The van der Waals surface area contributed by atoms with E-state index in [9.17, 15) is 52.7 Å². The highest BCUT2D eigenvalue weighted by Gasteiger charge is 2.38. The molecule has 0 heterocycles. The molecule has 40 heavy (non-hydrogen) atoms. The van der Waals surface area contributed by atoms with Gasteiger partial charge >= 0.3 is 24.7 Å². The molecule has 0 aliphatic carbocycles. The van der Waals surface area contributed by atoms with Gasteiger partial charge in [0.05, 0.1) is 22.3 Å². The van der Waals surface area contributed by atoms with E-state index in [0.29, 0.717) is 24.3 Å². The first-order valence-electron chi connectivity index (χ1n) is 11.1. The van der Waals surface area contributed by atoms with E-state index in [4.69, 9.17) is 0 Å². The molecule has 0 amide bonds. The molecular weight excluding hydrogens is 564 g/mol. The van der Waals surface area contributed by atoms with Crippen molar-refractivity contribution in [3.05, 3.63) is 107 Å². The zero-order valence-electron chi connectivity index (χ0n) is 19.6. The normalized spacial score (nSPS) is 13.0. The number of alkyl halides is 12. The van der Waals surface area contributed by atoms with Crippen LogP contribution in [0.1, 0.15) is 22.3 Å². The van der Waals surface area contributed by atoms with Crippen molar-refractivity contribution in [2.45, 2.75) is 24.7 Å². The Morgan fingerprint density at radius 3 is 0.750 bits per heavy atom. The Bertz CT molecular complexity index is 1360. The first kappa shape index (κ1) is 29.0. The Morgan fingerprint density at radius 1 is 0.300 bits per heavy atom. The Hall–Kier alpha value is -3.96. The molecule has 0 aliphatic rings. The van der Waals surface area contributed by atoms with Crippen molar-refractivity contribution in [1.82, 2.24) is 0 Å². The molecule has 0 radical (unpaired) electrons. The Labute approximate surface area is 218 Å². The molecule has 0 saturated heterocycles. The van der Waals surface area contributed by atoms with Crippen molar-refractivity contribution in [3.63, 3.8) is 0 Å². The molecule has 0 nitrogen and oxygen atoms in total. The lowest BCUT2D eigenvalue weighted by Crippen LogP contribution is -2.11. The predicted molar refractivity (Wildman–Crippen MR) is 123 cm³/mol. The molecule has 0 unspecified atom stereocenters. The molecule has 4 aromatic carbocycles. The average Bonchev–Trinajstić information content (AvgIpc) is 2.86. The molecular formula is C28H14F12. The van der Waals surface area contributed by atoms with E-state index in [0.717, 1.165) is 0 Å². The van der Waals surface area contributed by atoms with Gasteiger partial charge in [0.2, 0.25) is 0 Å². The Balaban J connectivity index is 2.00. The molecule has 0 saturated carbocycles. The fourth-order valence-electron chi connectivity index (χ4n) is 4.16. The third-order valence-corrected chi connectivity index (χ3v) is 5.94. The van der Waals surface area contributed by atoms with Gasteiger partial charge in [-0.15, -0.1) is 0 Å². The maximum atomic E-state index is 13.5. The van der Waals surface area contributed by atoms with Gasteiger partial charge in [0.1, 0.15) is 0 Å². The van der Waals surface area contributed by atoms with Crippen molar-refractivity contribution in [2.24, 2.45) is 0 Å². The standard InChI is InChI=1S/C28H14F12/c29-25(30,31)17-9-15(10-18(13-17)26(32,33)34)21-5-1-3-7-23(21)24-8-4-2-6-22(24)16-11-19(27(35,36)37)14-20(12-16)28(38,39)40/h1-14H. The van der Waals surface area contributed by atoms with Gasteiger partial charge in [-0.3, -0.25) is 0 Å². The van der Waals surface area contributed by atoms with Gasteiger partial charge in [0, 0.05) is 0 Å². The minimum atomic E-state index is -5.14. The molecule has 4 aromatic rings. The van der Waals surface area contributed by atoms with E-state index in [1.165, 1.54) is 48.5 Å². The van der Waals surface area contributed by atoms with Crippen LogP contribution >= 0.6 is 0 Å². The van der Waals surface area contributed by atoms with E-state index >= 15 is 0 Å². The molecule has 0 N–H and O–H groups in total. The van der Waals surface area contributed by atoms with Crippen LogP contribution in [-0.4, -0.2) is 0 Å². The van der Waals surface area contributed by atoms with Crippen LogP contribution in [0.2, 0.25) is 0 Å². The summed E-state index contributed by atoms with van der Waals surface area (Å²) in [7, 11) is 0. The van der Waals surface area contributed by atoms with Gasteiger partial charge in [-0.25, -0.2) is 0 Å². The van der Waals surface area contributed by atoms with E-state index in [-0.39, 0.29) is 34.4 Å². The van der Waals surface area contributed by atoms with E-state index in [1.54, 1.807) is 0 Å². The molecule has 210 valence electrons. The van der Waals surface area contributed by atoms with Crippen LogP contribution in [0.25, 0.3) is 33.4 Å². The molecule has 0 spiro atoms. The minimum Gasteiger partial charge on any atom is -0.166 e. The number of rotatable bonds is 3. The fourth-order valence-corrected chi connectivity index (χ4v) is 4.16. The number of benzene rings is 4. The Morgan fingerprint density at radius 2 is 0.525 bits per heavy atom. The third kappa shape index (κ3) is 6.10. The molecule has 12 heteroatoms. The molecule has 0 fully saturated rings. The quantitative estimate of drug-likeness (QED) is 0.212. The highest BCUT2D eigenvalue weighted by Crippen LogP contribution is 2.44. The first-order chi connectivity index (χ1) is 18.4. The van der Waals surface area contributed by atoms with E-state index in [2.05, 4.69) is 0 Å². The minimum absolute atomic E-state index is 0.0171. The van der Waals surface area contributed by atoms with E-state index in [1.807, 2.05) is 0 Å². The van der Waals surface area contributed by atoms with Crippen LogP contribution in [-0.2, 0) is 24.7 Å². The van der Waals surface area contributed by atoms with Crippen molar-refractivity contribution in [3.8, 4) is 33.4 Å². The fraction of sp³-hybridized carbons (Fsp3) is 0.143. The summed E-state index contributed by atoms with van der Waals surface area (Å²) in [5, 5.41) is 0. The maximum Gasteiger partial charge on any atom is 0.416 e. The molecule has 0 atom stereocenters. The van der Waals surface area contributed by atoms with Crippen molar-refractivity contribution in [1.29, 1.82) is 0 Å². The SMILES string of the molecule is FC(F)(F)c1cc(-c2ccccc2-c2ccccc2-c2cc(C(F)(F)F)cc(C(F)(F)F)c2)cc(C(F)(F)F)c1. The lowest BCUT2D eigenvalue weighted by atomic mass is 9.87. The molecule has 4 rings (SSSR count). The second-order valence-electron chi connectivity index (χ2n) is 8.68. The Kier molecular flexibility index (Phi) is 7.19. The largest absolute Gasteiger partial charge is 0.416 e. The summed E-state index contributed by atoms with van der Waals surface area (Å²) < 4.78 is 162. The lowest BCUT2D eigenvalue weighted by molar-refractivity contribution is -0.144. The van der Waals surface area contributed by atoms with Crippen molar-refractivity contribution < 1.29 is 52.7 Å². The highest BCUT2D eigenvalue weighted by molar-refractivity contribution is 5.92. The molecule has 0 aliphatic heterocycles. The summed E-state index contributed by atoms with van der Waals surface area (Å²) in [6.45, 7) is 0. The summed E-state index contributed by atoms with van der Waals surface area (Å²) >= 11 is 0. The van der Waals surface area contributed by atoms with Gasteiger partial charge < -0.3 is 0 Å². The zero-order valence-corrected chi connectivity index (χ0v) is 19.6. The molecule has 0 bridgehead atoms. The second-order valence-corrected chi connectivity index (χ2v) is 8.68. The van der Waals surface area contributed by atoms with Gasteiger partial charge in [0.25, 0.3) is 0 Å². The lowest BCUT2D eigenvalue weighted by Gasteiger charge is -2.19. The van der Waals surface area contributed by atoms with Crippen LogP contribution in [0.15, 0.2) is 84.9 Å². The smallest absolute Gasteiger partial charge is 0.166 e. The summed E-state index contributed by atoms with van der Waals surface area (Å²) in [5.74, 6) is 0. The first-order valence-corrected chi connectivity index (χ1v) is 11.1. The number of halogens is 12. The average molecular weight is 578 g/mol. The van der Waals surface area contributed by atoms with Crippen LogP contribution in [0.5, 0.6) is 0 Å². The number of hydrogen-bond acceptors (Lipinski definition) is 0. The van der Waals surface area contributed by atoms with Crippen molar-refractivity contribution >= 4 is 0 Å². The second kappa shape index (κ2) is 9.90. The zero-order chi connectivity index (χ0) is 29.7. The van der Waals surface area contributed by atoms with Crippen LogP contribution in [0.3, 0.4) is 0 Å². The number of hydrogen-bond donors (Lipinski definition) is 0. The van der Waals surface area contributed by atoms with Gasteiger partial charge in [-0.1, -0.05) is 48.5 Å². The monoisotopic (exact) mass is 578 g/mol. The maximum absolute atomic E-state index is 13.5. The summed E-state index contributed by atoms with van der Waals surface area (Å²) in [6, 6.07) is 12.2. The van der Waals surface area contributed by atoms with Crippen molar-refractivity contribution in [2.75, 3.05) is 0 Å². The summed E-state index contributed by atoms with van der Waals surface area (Å²) in [5.41, 5.74) is -7.72. The topological polar surface area (TPSA) is 0 Å². The highest BCUT2D eigenvalue weighted by atomic mass is 19.4. The van der Waals surface area contributed by atoms with Gasteiger partial charge in [-0.2, -0.15) is 52.7 Å². The predicted octanol–water partition coefficient (Wildman–Crippen LogP) is 10.8. The van der Waals surface area contributed by atoms with Gasteiger partial charge in [-0.05, 0) is 69.8 Å². The molecule has 0 aromatic heterocycles. The van der Waals surface area contributed by atoms with Crippen LogP contribution < -0.4 is 0 Å². The third-order valence-electron chi connectivity index (χ3n) is 5.94. The van der Waals surface area contributed by atoms with Crippen LogP contribution in [0, 0.1) is 0 Å². The summed E-state index contributed by atoms with van der Waals surface area (Å²) in [6.07, 6.45) is -20.6. The van der Waals surface area contributed by atoms with Crippen LogP contribution in [0.4, 0.5) is 52.7 Å².